The lowest BCUT2D eigenvalue weighted by atomic mass is 9.44. The third-order valence-electron chi connectivity index (χ3n) is 12.9. The smallest absolute Gasteiger partial charge is 0.407 e. The van der Waals surface area contributed by atoms with Crippen LogP contribution in [0.4, 0.5) is 4.79 Å². The van der Waals surface area contributed by atoms with E-state index in [4.69, 9.17) is 28.4 Å². The number of rotatable bonds is 3. The van der Waals surface area contributed by atoms with Gasteiger partial charge in [-0.2, -0.15) is 0 Å². The summed E-state index contributed by atoms with van der Waals surface area (Å²) >= 11 is 0. The Morgan fingerprint density at radius 2 is 1.62 bits per heavy atom. The average Bonchev–Trinajstić information content (AvgIpc) is 3.06. The second kappa shape index (κ2) is 15.6. The highest BCUT2D eigenvalue weighted by Crippen LogP contribution is 2.64. The SMILES string of the molecule is CC(=O)O[C@@H]1C(=O)[C@@]2(C)[C@H]([C@H]3OC(=O)CC(C)(C)CCC=CC[C@@H](NC(=O)OC(C)(C)C)[C@H](O)C(=O)O[C@H]4C[C@@]3(O)C(C)(C)C1=C4C)[C@@]1(OC(C)=O)CO[C@@H]1C[C@@H]2O. The Morgan fingerprint density at radius 1 is 0.966 bits per heavy atom. The molecular weight excluding hydrogens is 758 g/mol. The lowest BCUT2D eigenvalue weighted by molar-refractivity contribution is -0.347. The van der Waals surface area contributed by atoms with Crippen LogP contribution in [0, 0.1) is 22.2 Å². The summed E-state index contributed by atoms with van der Waals surface area (Å²) in [6.45, 7) is 16.8. The summed E-state index contributed by atoms with van der Waals surface area (Å²) in [5, 5.41) is 39.7. The van der Waals surface area contributed by atoms with Gasteiger partial charge in [-0.3, -0.25) is 19.2 Å². The van der Waals surface area contributed by atoms with Crippen molar-refractivity contribution in [3.8, 4) is 0 Å². The number of alkyl carbamates (subject to hydrolysis) is 1. The molecule has 324 valence electrons. The summed E-state index contributed by atoms with van der Waals surface area (Å²) < 4.78 is 35.6. The number of amides is 1. The molecule has 0 spiro atoms. The van der Waals surface area contributed by atoms with Crippen molar-refractivity contribution < 1.29 is 72.5 Å². The average molecular weight is 820 g/mol. The van der Waals surface area contributed by atoms with Crippen molar-refractivity contribution in [3.63, 3.8) is 0 Å². The molecule has 3 aliphatic carbocycles. The Hall–Kier alpha value is -3.86. The molecule has 0 aromatic rings. The summed E-state index contributed by atoms with van der Waals surface area (Å²) in [6.07, 6.45) is -6.82. The molecule has 2 saturated carbocycles. The number of ketones is 1. The Balaban J connectivity index is 1.77. The molecule has 16 nitrogen and oxygen atoms in total. The van der Waals surface area contributed by atoms with E-state index in [2.05, 4.69) is 5.32 Å². The molecule has 5 rings (SSSR count). The molecule has 4 N–H and O–H groups in total. The number of hydrogen-bond acceptors (Lipinski definition) is 15. The molecule has 0 radical (unpaired) electrons. The first-order valence-electron chi connectivity index (χ1n) is 20.0. The van der Waals surface area contributed by atoms with Gasteiger partial charge in [-0.1, -0.05) is 39.8 Å². The number of esters is 4. The van der Waals surface area contributed by atoms with Crippen molar-refractivity contribution >= 4 is 35.8 Å². The van der Waals surface area contributed by atoms with E-state index in [-0.39, 0.29) is 37.0 Å². The van der Waals surface area contributed by atoms with Crippen LogP contribution >= 0.6 is 0 Å². The summed E-state index contributed by atoms with van der Waals surface area (Å²) in [5.41, 5.74) is -9.03. The molecule has 58 heavy (non-hydrogen) atoms. The number of carbonyl (C=O) groups excluding carboxylic acids is 6. The van der Waals surface area contributed by atoms with Crippen molar-refractivity contribution in [1.29, 1.82) is 0 Å². The predicted molar refractivity (Wildman–Crippen MR) is 203 cm³/mol. The maximum absolute atomic E-state index is 15.4. The Bertz CT molecular complexity index is 1760. The van der Waals surface area contributed by atoms with Gasteiger partial charge in [-0.05, 0) is 70.4 Å². The molecule has 1 saturated heterocycles. The van der Waals surface area contributed by atoms with E-state index in [1.165, 1.54) is 20.8 Å². The van der Waals surface area contributed by atoms with Crippen LogP contribution in [0.3, 0.4) is 0 Å². The molecule has 3 bridgehead atoms. The lowest BCUT2D eigenvalue weighted by Crippen LogP contribution is -2.82. The fourth-order valence-electron chi connectivity index (χ4n) is 9.86. The molecule has 11 atom stereocenters. The van der Waals surface area contributed by atoms with Crippen molar-refractivity contribution in [3.05, 3.63) is 23.3 Å². The fraction of sp³-hybridized carbons (Fsp3) is 0.762. The van der Waals surface area contributed by atoms with Gasteiger partial charge < -0.3 is 49.1 Å². The number of ether oxygens (including phenoxy) is 6. The highest BCUT2D eigenvalue weighted by atomic mass is 16.6. The van der Waals surface area contributed by atoms with Gasteiger partial charge in [-0.15, -0.1) is 0 Å². The first-order valence-corrected chi connectivity index (χ1v) is 20.0. The molecular formula is C42H61NO15. The topological polar surface area (TPSA) is 231 Å². The molecule has 0 aromatic heterocycles. The van der Waals surface area contributed by atoms with Gasteiger partial charge in [-0.25, -0.2) is 9.59 Å². The highest BCUT2D eigenvalue weighted by Gasteiger charge is 2.78. The quantitative estimate of drug-likeness (QED) is 0.182. The second-order valence-corrected chi connectivity index (χ2v) is 19.2. The van der Waals surface area contributed by atoms with Crippen molar-refractivity contribution in [1.82, 2.24) is 5.32 Å². The van der Waals surface area contributed by atoms with Crippen molar-refractivity contribution in [2.45, 2.75) is 174 Å². The third-order valence-corrected chi connectivity index (χ3v) is 12.9. The number of aliphatic hydroxyl groups excluding tert-OH is 2. The van der Waals surface area contributed by atoms with E-state index < -0.39 is 124 Å². The van der Waals surface area contributed by atoms with Crippen LogP contribution in [0.2, 0.25) is 0 Å². The minimum Gasteiger partial charge on any atom is -0.459 e. The molecule has 2 heterocycles. The molecule has 0 aromatic carbocycles. The van der Waals surface area contributed by atoms with Crippen LogP contribution in [0.25, 0.3) is 0 Å². The van der Waals surface area contributed by atoms with Crippen molar-refractivity contribution in [2.75, 3.05) is 6.61 Å². The van der Waals surface area contributed by atoms with Gasteiger partial charge in [0.05, 0.1) is 36.5 Å². The first kappa shape index (κ1) is 45.2. The zero-order chi connectivity index (χ0) is 43.6. The summed E-state index contributed by atoms with van der Waals surface area (Å²) in [4.78, 5) is 82.5. The van der Waals surface area contributed by atoms with E-state index in [0.29, 0.717) is 12.8 Å². The third kappa shape index (κ3) is 8.05. The van der Waals surface area contributed by atoms with E-state index in [0.717, 1.165) is 6.92 Å². The molecule has 0 unspecified atom stereocenters. The number of hydrogen-bond donors (Lipinski definition) is 4. The minimum absolute atomic E-state index is 0.0190. The summed E-state index contributed by atoms with van der Waals surface area (Å²) in [7, 11) is 0. The number of allylic oxidation sites excluding steroid dienone is 1. The standard InChI is InChI=1S/C42H61NO15/c1-21-25-18-42(52)34(56-28(47)19-38(7,8)16-14-12-13-15-24(30(48)35(50)55-25)43-36(51)58-37(4,5)6)32-40(11,26(46)17-27-41(32,20-53-27)57-23(3)45)33(49)31(54-22(2)44)29(21)39(42,9)10/h12-13,24-27,30-32,34,46,48,52H,14-20H2,1-11H3,(H,43,51)/t24-,25+,26+,27-,30+,31+,32+,34-,40-,41-,42+/m1/s1. The van der Waals surface area contributed by atoms with Gasteiger partial charge in [0, 0.05) is 32.1 Å². The zero-order valence-electron chi connectivity index (χ0n) is 35.5. The molecule has 1 amide bonds. The predicted octanol–water partition coefficient (Wildman–Crippen LogP) is 3.30. The Morgan fingerprint density at radius 3 is 2.19 bits per heavy atom. The van der Waals surface area contributed by atoms with Crippen LogP contribution in [0.5, 0.6) is 0 Å². The maximum Gasteiger partial charge on any atom is 0.407 e. The number of fused-ring (bicyclic) bond motifs is 6. The largest absolute Gasteiger partial charge is 0.459 e. The van der Waals surface area contributed by atoms with Gasteiger partial charge in [0.15, 0.2) is 23.6 Å². The first-order chi connectivity index (χ1) is 26.6. The Labute approximate surface area is 339 Å². The molecule has 3 fully saturated rings. The zero-order valence-corrected chi connectivity index (χ0v) is 35.5. The van der Waals surface area contributed by atoms with Gasteiger partial charge in [0.25, 0.3) is 0 Å². The fourth-order valence-corrected chi connectivity index (χ4v) is 9.86. The van der Waals surface area contributed by atoms with E-state index in [1.807, 2.05) is 13.8 Å². The summed E-state index contributed by atoms with van der Waals surface area (Å²) in [6, 6.07) is -1.24. The number of Topliss-reactive ketones (excluding diaryl/α,β-unsaturated/α-hetero) is 1. The normalized spacial score (nSPS) is 38.9. The molecule has 5 aliphatic rings. The monoisotopic (exact) mass is 819 g/mol. The van der Waals surface area contributed by atoms with E-state index in [9.17, 15) is 39.3 Å². The minimum atomic E-state index is -2.32. The maximum atomic E-state index is 15.4. The van der Waals surface area contributed by atoms with Crippen LogP contribution in [-0.4, -0.2) is 117 Å². The van der Waals surface area contributed by atoms with E-state index in [1.54, 1.807) is 46.8 Å². The van der Waals surface area contributed by atoms with Crippen molar-refractivity contribution in [2.24, 2.45) is 22.2 Å². The lowest BCUT2D eigenvalue weighted by Gasteiger charge is -2.67. The van der Waals surface area contributed by atoms with Gasteiger partial charge in [0.2, 0.25) is 0 Å². The second-order valence-electron chi connectivity index (χ2n) is 19.2. The molecule has 2 aliphatic heterocycles. The van der Waals surface area contributed by atoms with Gasteiger partial charge in [0.1, 0.15) is 29.5 Å². The van der Waals surface area contributed by atoms with Crippen LogP contribution in [-0.2, 0) is 52.4 Å². The molecule has 16 heteroatoms. The van der Waals surface area contributed by atoms with Crippen LogP contribution in [0.15, 0.2) is 23.3 Å². The number of nitrogens with one attached hydrogen (secondary N) is 1. The number of carbonyl (C=O) groups is 6. The van der Waals surface area contributed by atoms with E-state index >= 15 is 4.79 Å². The van der Waals surface area contributed by atoms with Gasteiger partial charge >= 0.3 is 30.0 Å². The van der Waals surface area contributed by atoms with Crippen LogP contribution in [0.1, 0.15) is 115 Å². The number of aliphatic hydroxyl groups is 3. The highest BCUT2D eigenvalue weighted by molar-refractivity contribution is 5.95. The summed E-state index contributed by atoms with van der Waals surface area (Å²) in [5.74, 6) is -5.92. The Kier molecular flexibility index (Phi) is 12.2. The van der Waals surface area contributed by atoms with Crippen LogP contribution < -0.4 is 5.32 Å².